The molecule has 0 atom stereocenters. The Kier molecular flexibility index (Phi) is 3.47. The zero-order valence-electron chi connectivity index (χ0n) is 10.8. The predicted octanol–water partition coefficient (Wildman–Crippen LogP) is 1.53. The molecule has 1 aliphatic heterocycles. The Morgan fingerprint density at radius 3 is 2.80 bits per heavy atom. The molecule has 0 unspecified atom stereocenters. The van der Waals surface area contributed by atoms with Crippen molar-refractivity contribution in [1.29, 1.82) is 0 Å². The van der Waals surface area contributed by atoms with E-state index in [4.69, 9.17) is 4.52 Å². The Morgan fingerprint density at radius 2 is 2.05 bits per heavy atom. The van der Waals surface area contributed by atoms with E-state index in [-0.39, 0.29) is 17.2 Å². The Labute approximate surface area is 115 Å². The number of aromatic nitrogens is 1. The minimum Gasteiger partial charge on any atom is -0.363 e. The first kappa shape index (κ1) is 12.8. The minimum absolute atomic E-state index is 0.175. The molecule has 0 spiro atoms. The van der Waals surface area contributed by atoms with Gasteiger partial charge in [-0.05, 0) is 12.1 Å². The van der Waals surface area contributed by atoms with E-state index in [1.54, 1.807) is 23.1 Å². The lowest BCUT2D eigenvalue weighted by molar-refractivity contribution is 0.0736. The van der Waals surface area contributed by atoms with Gasteiger partial charge in [0.15, 0.2) is 0 Å². The van der Waals surface area contributed by atoms with Gasteiger partial charge < -0.3 is 14.7 Å². The molecule has 1 amide bonds. The fourth-order valence-corrected chi connectivity index (χ4v) is 2.27. The number of benzene rings is 1. The number of halogens is 1. The maximum absolute atomic E-state index is 13.8. The molecule has 5 nitrogen and oxygen atoms in total. The summed E-state index contributed by atoms with van der Waals surface area (Å²) in [6.45, 7) is 2.76. The highest BCUT2D eigenvalue weighted by Crippen LogP contribution is 2.25. The van der Waals surface area contributed by atoms with E-state index in [2.05, 4.69) is 10.5 Å². The molecule has 1 saturated heterocycles. The molecule has 20 heavy (non-hydrogen) atoms. The number of carbonyl (C=O) groups is 1. The van der Waals surface area contributed by atoms with Crippen molar-refractivity contribution < 1.29 is 13.7 Å². The number of carbonyl (C=O) groups excluding carboxylic acids is 1. The second-order valence-electron chi connectivity index (χ2n) is 4.60. The normalized spacial score (nSPS) is 15.3. The highest BCUT2D eigenvalue weighted by molar-refractivity contribution is 5.99. The maximum Gasteiger partial charge on any atom is 0.259 e. The first-order chi connectivity index (χ1) is 9.77. The largest absolute Gasteiger partial charge is 0.363 e. The van der Waals surface area contributed by atoms with Crippen LogP contribution in [0.5, 0.6) is 0 Å². The molecule has 1 aromatic carbocycles. The molecule has 0 radical (unpaired) electrons. The monoisotopic (exact) mass is 275 g/mol. The van der Waals surface area contributed by atoms with Crippen LogP contribution in [0.1, 0.15) is 10.4 Å². The first-order valence-corrected chi connectivity index (χ1v) is 6.46. The molecule has 0 saturated carbocycles. The molecule has 1 N–H and O–H groups in total. The average Bonchev–Trinajstić information content (AvgIpc) is 2.97. The summed E-state index contributed by atoms with van der Waals surface area (Å²) in [5, 5.41) is 6.96. The molecule has 0 aliphatic carbocycles. The predicted molar refractivity (Wildman–Crippen MR) is 70.7 cm³/mol. The number of hydrogen-bond donors (Lipinski definition) is 1. The second-order valence-corrected chi connectivity index (χ2v) is 4.60. The summed E-state index contributed by atoms with van der Waals surface area (Å²) in [4.78, 5) is 14.2. The standard InChI is InChI=1S/C14H14FN3O2/c15-12-4-2-1-3-10(12)13-11(9-20-17-13)14(19)18-7-5-16-6-8-18/h1-4,9,16H,5-8H2. The number of piperazine rings is 1. The highest BCUT2D eigenvalue weighted by atomic mass is 19.1. The van der Waals surface area contributed by atoms with Crippen LogP contribution >= 0.6 is 0 Å². The zero-order chi connectivity index (χ0) is 13.9. The van der Waals surface area contributed by atoms with Crippen LogP contribution in [0.2, 0.25) is 0 Å². The summed E-state index contributed by atoms with van der Waals surface area (Å²) in [5.74, 6) is -0.596. The van der Waals surface area contributed by atoms with Crippen LogP contribution in [0.3, 0.4) is 0 Å². The quantitative estimate of drug-likeness (QED) is 0.903. The van der Waals surface area contributed by atoms with Gasteiger partial charge in [-0.15, -0.1) is 0 Å². The molecule has 1 aliphatic rings. The van der Waals surface area contributed by atoms with Gasteiger partial charge in [0.25, 0.3) is 5.91 Å². The van der Waals surface area contributed by atoms with Gasteiger partial charge in [-0.3, -0.25) is 4.79 Å². The lowest BCUT2D eigenvalue weighted by atomic mass is 10.1. The lowest BCUT2D eigenvalue weighted by Crippen LogP contribution is -2.46. The van der Waals surface area contributed by atoms with Crippen LogP contribution in [0, 0.1) is 5.82 Å². The highest BCUT2D eigenvalue weighted by Gasteiger charge is 2.25. The molecule has 2 heterocycles. The van der Waals surface area contributed by atoms with Gasteiger partial charge in [-0.1, -0.05) is 17.3 Å². The van der Waals surface area contributed by atoms with E-state index in [1.807, 2.05) is 0 Å². The Hall–Kier alpha value is -2.21. The molecule has 104 valence electrons. The van der Waals surface area contributed by atoms with Crippen LogP contribution in [0.25, 0.3) is 11.3 Å². The second kappa shape index (κ2) is 5.42. The molecule has 1 fully saturated rings. The third-order valence-electron chi connectivity index (χ3n) is 3.33. The fourth-order valence-electron chi connectivity index (χ4n) is 2.27. The smallest absolute Gasteiger partial charge is 0.259 e. The Balaban J connectivity index is 1.94. The van der Waals surface area contributed by atoms with Crippen LogP contribution in [0.4, 0.5) is 4.39 Å². The van der Waals surface area contributed by atoms with Crippen molar-refractivity contribution in [2.75, 3.05) is 26.2 Å². The zero-order valence-corrected chi connectivity index (χ0v) is 10.8. The van der Waals surface area contributed by atoms with Crippen molar-refractivity contribution in [2.24, 2.45) is 0 Å². The van der Waals surface area contributed by atoms with E-state index in [0.29, 0.717) is 18.7 Å². The number of hydrogen-bond acceptors (Lipinski definition) is 4. The number of nitrogens with zero attached hydrogens (tertiary/aromatic N) is 2. The summed E-state index contributed by atoms with van der Waals surface area (Å²) < 4.78 is 18.7. The van der Waals surface area contributed by atoms with Gasteiger partial charge in [0, 0.05) is 31.7 Å². The van der Waals surface area contributed by atoms with Crippen LogP contribution in [-0.4, -0.2) is 42.1 Å². The van der Waals surface area contributed by atoms with E-state index >= 15 is 0 Å². The Morgan fingerprint density at radius 1 is 1.30 bits per heavy atom. The van der Waals surface area contributed by atoms with Gasteiger partial charge in [0.1, 0.15) is 23.3 Å². The summed E-state index contributed by atoms with van der Waals surface area (Å²) in [7, 11) is 0. The maximum atomic E-state index is 13.8. The van der Waals surface area contributed by atoms with Gasteiger partial charge in [-0.25, -0.2) is 4.39 Å². The summed E-state index contributed by atoms with van der Waals surface area (Å²) >= 11 is 0. The molecular weight excluding hydrogens is 261 g/mol. The average molecular weight is 275 g/mol. The number of rotatable bonds is 2. The lowest BCUT2D eigenvalue weighted by Gasteiger charge is -2.27. The van der Waals surface area contributed by atoms with Gasteiger partial charge >= 0.3 is 0 Å². The molecule has 1 aromatic heterocycles. The van der Waals surface area contributed by atoms with E-state index in [1.165, 1.54) is 12.3 Å². The van der Waals surface area contributed by atoms with Crippen molar-refractivity contribution in [3.05, 3.63) is 41.9 Å². The summed E-state index contributed by atoms with van der Waals surface area (Å²) in [6.07, 6.45) is 1.28. The third kappa shape index (κ3) is 2.30. The molecule has 2 aromatic rings. The van der Waals surface area contributed by atoms with Crippen molar-refractivity contribution in [1.82, 2.24) is 15.4 Å². The fraction of sp³-hybridized carbons (Fsp3) is 0.286. The van der Waals surface area contributed by atoms with Crippen molar-refractivity contribution in [2.45, 2.75) is 0 Å². The van der Waals surface area contributed by atoms with Crippen LogP contribution in [-0.2, 0) is 0 Å². The van der Waals surface area contributed by atoms with E-state index in [0.717, 1.165) is 13.1 Å². The number of nitrogens with one attached hydrogen (secondary N) is 1. The first-order valence-electron chi connectivity index (χ1n) is 6.46. The van der Waals surface area contributed by atoms with Gasteiger partial charge in [0.05, 0.1) is 0 Å². The molecule has 3 rings (SSSR count). The SMILES string of the molecule is O=C(c1conc1-c1ccccc1F)N1CCNCC1. The van der Waals surface area contributed by atoms with Crippen molar-refractivity contribution in [3.63, 3.8) is 0 Å². The topological polar surface area (TPSA) is 58.4 Å². The summed E-state index contributed by atoms with van der Waals surface area (Å²) in [6, 6.07) is 6.22. The van der Waals surface area contributed by atoms with Crippen molar-refractivity contribution in [3.8, 4) is 11.3 Å². The van der Waals surface area contributed by atoms with Crippen LogP contribution in [0.15, 0.2) is 35.1 Å². The Bertz CT molecular complexity index is 620. The van der Waals surface area contributed by atoms with Crippen molar-refractivity contribution >= 4 is 5.91 Å². The molecule has 0 bridgehead atoms. The van der Waals surface area contributed by atoms with Gasteiger partial charge in [0.2, 0.25) is 0 Å². The molecule has 6 heteroatoms. The number of amides is 1. The third-order valence-corrected chi connectivity index (χ3v) is 3.33. The van der Waals surface area contributed by atoms with E-state index in [9.17, 15) is 9.18 Å². The van der Waals surface area contributed by atoms with Crippen LogP contribution < -0.4 is 5.32 Å². The van der Waals surface area contributed by atoms with E-state index < -0.39 is 5.82 Å². The van der Waals surface area contributed by atoms with Gasteiger partial charge in [-0.2, -0.15) is 0 Å². The summed E-state index contributed by atoms with van der Waals surface area (Å²) in [5.41, 5.74) is 0.836. The molecular formula is C14H14FN3O2. The minimum atomic E-state index is -0.421.